The first-order chi connectivity index (χ1) is 7.51. The lowest BCUT2D eigenvalue weighted by Gasteiger charge is -2.04. The van der Waals surface area contributed by atoms with Gasteiger partial charge < -0.3 is 0 Å². The number of benzene rings is 1. The van der Waals surface area contributed by atoms with Crippen molar-refractivity contribution in [3.8, 4) is 0 Å². The van der Waals surface area contributed by atoms with Gasteiger partial charge in [0.2, 0.25) is 0 Å². The van der Waals surface area contributed by atoms with Gasteiger partial charge in [-0.1, -0.05) is 0 Å². The van der Waals surface area contributed by atoms with Crippen molar-refractivity contribution in [3.63, 3.8) is 0 Å². The topological polar surface area (TPSA) is 85.3 Å². The molecule has 94 valence electrons. The molecule has 0 fully saturated rings. The van der Waals surface area contributed by atoms with Gasteiger partial charge in [0.25, 0.3) is 5.24 Å². The summed E-state index contributed by atoms with van der Waals surface area (Å²) < 4.78 is 45.4. The third-order valence-corrected chi connectivity index (χ3v) is 4.37. The molecule has 17 heavy (non-hydrogen) atoms. The summed E-state index contributed by atoms with van der Waals surface area (Å²) in [6.07, 6.45) is 1.83. The summed E-state index contributed by atoms with van der Waals surface area (Å²) in [5.74, 6) is 0. The normalized spacial score (nSPS) is 12.4. The molecule has 0 bridgehead atoms. The Morgan fingerprint density at radius 3 is 1.53 bits per heavy atom. The molecule has 0 spiro atoms. The molecule has 1 aromatic carbocycles. The lowest BCUT2D eigenvalue weighted by atomic mass is 10.2. The first kappa shape index (κ1) is 14.1. The maximum Gasteiger partial charge on any atom is 0.252 e. The van der Waals surface area contributed by atoms with Crippen LogP contribution in [-0.2, 0) is 19.7 Å². The van der Waals surface area contributed by atoms with Crippen molar-refractivity contribution in [1.29, 1.82) is 0 Å². The predicted molar refractivity (Wildman–Crippen MR) is 62.8 cm³/mol. The zero-order valence-corrected chi connectivity index (χ0v) is 11.4. The molecule has 0 radical (unpaired) electrons. The SMILES string of the molecule is CS(=O)(=O)c1cc(C(=O)Cl)cc(S(C)(=O)=O)c1. The molecule has 0 aliphatic rings. The fourth-order valence-electron chi connectivity index (χ4n) is 1.11. The Balaban J connectivity index is 3.68. The summed E-state index contributed by atoms with van der Waals surface area (Å²) in [6.45, 7) is 0. The molecule has 1 aromatic rings. The molecule has 0 saturated carbocycles. The van der Waals surface area contributed by atoms with Crippen molar-refractivity contribution in [1.82, 2.24) is 0 Å². The first-order valence-corrected chi connectivity index (χ1v) is 8.43. The van der Waals surface area contributed by atoms with Crippen LogP contribution in [0, 0.1) is 0 Å². The first-order valence-electron chi connectivity index (χ1n) is 4.27. The van der Waals surface area contributed by atoms with Gasteiger partial charge in [0.15, 0.2) is 19.7 Å². The maximum absolute atomic E-state index is 11.3. The van der Waals surface area contributed by atoms with E-state index in [4.69, 9.17) is 11.6 Å². The monoisotopic (exact) mass is 296 g/mol. The second kappa shape index (κ2) is 4.40. The highest BCUT2D eigenvalue weighted by Crippen LogP contribution is 2.20. The van der Waals surface area contributed by atoms with Gasteiger partial charge in [-0.15, -0.1) is 0 Å². The third-order valence-electron chi connectivity index (χ3n) is 1.96. The van der Waals surface area contributed by atoms with E-state index in [0.29, 0.717) is 0 Å². The van der Waals surface area contributed by atoms with Crippen LogP contribution in [0.15, 0.2) is 28.0 Å². The van der Waals surface area contributed by atoms with Crippen LogP contribution in [0.3, 0.4) is 0 Å². The number of hydrogen-bond donors (Lipinski definition) is 0. The highest BCUT2D eigenvalue weighted by molar-refractivity contribution is 7.91. The van der Waals surface area contributed by atoms with Crippen LogP contribution in [0.2, 0.25) is 0 Å². The summed E-state index contributed by atoms with van der Waals surface area (Å²) in [7, 11) is -7.23. The van der Waals surface area contributed by atoms with Gasteiger partial charge in [0.1, 0.15) is 0 Å². The molecule has 0 aliphatic carbocycles. The Morgan fingerprint density at radius 1 is 0.941 bits per heavy atom. The minimum absolute atomic E-state index is 0.171. The molecular formula is C9H9ClO5S2. The number of sulfone groups is 2. The van der Waals surface area contributed by atoms with Crippen molar-refractivity contribution in [3.05, 3.63) is 23.8 Å². The quantitative estimate of drug-likeness (QED) is 0.773. The van der Waals surface area contributed by atoms with Crippen molar-refractivity contribution in [2.45, 2.75) is 9.79 Å². The van der Waals surface area contributed by atoms with Gasteiger partial charge in [-0.05, 0) is 29.8 Å². The number of halogens is 1. The molecule has 0 aromatic heterocycles. The predicted octanol–water partition coefficient (Wildman–Crippen LogP) is 0.873. The Morgan fingerprint density at radius 2 is 1.29 bits per heavy atom. The summed E-state index contributed by atoms with van der Waals surface area (Å²) >= 11 is 5.22. The van der Waals surface area contributed by atoms with Gasteiger partial charge in [0, 0.05) is 18.1 Å². The zero-order chi connectivity index (χ0) is 13.4. The fourth-order valence-corrected chi connectivity index (χ4v) is 2.66. The maximum atomic E-state index is 11.3. The largest absolute Gasteiger partial charge is 0.276 e. The highest BCUT2D eigenvalue weighted by atomic mass is 35.5. The highest BCUT2D eigenvalue weighted by Gasteiger charge is 2.17. The lowest BCUT2D eigenvalue weighted by molar-refractivity contribution is 0.108. The average molecular weight is 297 g/mol. The van der Waals surface area contributed by atoms with Gasteiger partial charge >= 0.3 is 0 Å². The molecule has 0 N–H and O–H groups in total. The summed E-state index contributed by atoms with van der Waals surface area (Å²) in [5.41, 5.74) is -0.171. The van der Waals surface area contributed by atoms with E-state index in [1.54, 1.807) is 0 Å². The molecule has 8 heteroatoms. The molecule has 1 rings (SSSR count). The van der Waals surface area contributed by atoms with Crippen molar-refractivity contribution < 1.29 is 21.6 Å². The van der Waals surface area contributed by atoms with Gasteiger partial charge in [-0.3, -0.25) is 4.79 Å². The molecular weight excluding hydrogens is 288 g/mol. The molecule has 0 atom stereocenters. The van der Waals surface area contributed by atoms with Gasteiger partial charge in [-0.2, -0.15) is 0 Å². The van der Waals surface area contributed by atoms with E-state index in [1.165, 1.54) is 0 Å². The van der Waals surface area contributed by atoms with E-state index in [0.717, 1.165) is 30.7 Å². The van der Waals surface area contributed by atoms with E-state index in [9.17, 15) is 21.6 Å². The molecule has 0 heterocycles. The number of rotatable bonds is 3. The number of carbonyl (C=O) groups is 1. The van der Waals surface area contributed by atoms with Crippen molar-refractivity contribution >= 4 is 36.5 Å². The Kier molecular flexibility index (Phi) is 3.66. The standard InChI is InChI=1S/C9H9ClO5S2/c1-16(12,13)7-3-6(9(10)11)4-8(5-7)17(2,14)15/h3-5H,1-2H3. The van der Waals surface area contributed by atoms with E-state index >= 15 is 0 Å². The zero-order valence-electron chi connectivity index (χ0n) is 8.97. The number of carbonyl (C=O) groups excluding carboxylic acids is 1. The second-order valence-electron chi connectivity index (χ2n) is 3.51. The minimum Gasteiger partial charge on any atom is -0.276 e. The number of hydrogen-bond acceptors (Lipinski definition) is 5. The Labute approximate surface area is 104 Å². The lowest BCUT2D eigenvalue weighted by Crippen LogP contribution is -2.05. The average Bonchev–Trinajstić information content (AvgIpc) is 2.14. The second-order valence-corrected chi connectivity index (χ2v) is 7.89. The minimum atomic E-state index is -3.62. The van der Waals surface area contributed by atoms with Crippen LogP contribution in [0.5, 0.6) is 0 Å². The Bertz CT molecular complexity index is 623. The van der Waals surface area contributed by atoms with Gasteiger partial charge in [-0.25, -0.2) is 16.8 Å². The Hall–Kier alpha value is -0.920. The van der Waals surface area contributed by atoms with Crippen LogP contribution in [0.1, 0.15) is 10.4 Å². The smallest absolute Gasteiger partial charge is 0.252 e. The van der Waals surface area contributed by atoms with E-state index in [2.05, 4.69) is 0 Å². The summed E-state index contributed by atoms with van der Waals surface area (Å²) in [6, 6.07) is 3.08. The van der Waals surface area contributed by atoms with Crippen molar-refractivity contribution in [2.75, 3.05) is 12.5 Å². The van der Waals surface area contributed by atoms with Crippen LogP contribution in [0.4, 0.5) is 0 Å². The summed E-state index contributed by atoms with van der Waals surface area (Å²) in [4.78, 5) is 10.5. The molecule has 0 unspecified atom stereocenters. The van der Waals surface area contributed by atoms with E-state index in [1.807, 2.05) is 0 Å². The fraction of sp³-hybridized carbons (Fsp3) is 0.222. The molecule has 5 nitrogen and oxygen atoms in total. The van der Waals surface area contributed by atoms with E-state index < -0.39 is 24.9 Å². The van der Waals surface area contributed by atoms with Crippen LogP contribution >= 0.6 is 11.6 Å². The molecule has 0 aliphatic heterocycles. The van der Waals surface area contributed by atoms with Crippen LogP contribution < -0.4 is 0 Å². The van der Waals surface area contributed by atoms with Crippen LogP contribution in [-0.4, -0.2) is 34.6 Å². The summed E-state index contributed by atoms with van der Waals surface area (Å²) in [5, 5.41) is -0.916. The van der Waals surface area contributed by atoms with Crippen LogP contribution in [0.25, 0.3) is 0 Å². The van der Waals surface area contributed by atoms with E-state index in [-0.39, 0.29) is 15.4 Å². The molecule has 0 saturated heterocycles. The molecule has 0 amide bonds. The van der Waals surface area contributed by atoms with Gasteiger partial charge in [0.05, 0.1) is 9.79 Å². The van der Waals surface area contributed by atoms with Crippen molar-refractivity contribution in [2.24, 2.45) is 0 Å². The third kappa shape index (κ3) is 3.52.